The van der Waals surface area contributed by atoms with Crippen LogP contribution in [-0.4, -0.2) is 15.0 Å². The number of H-pyrrole nitrogens is 1. The number of hydrogen-bond donors (Lipinski definition) is 1. The predicted molar refractivity (Wildman–Crippen MR) is 91.9 cm³/mol. The Labute approximate surface area is 136 Å². The van der Waals surface area contributed by atoms with Crippen molar-refractivity contribution >= 4 is 32.9 Å². The Kier molecular flexibility index (Phi) is 3.58. The van der Waals surface area contributed by atoms with Gasteiger partial charge in [0.15, 0.2) is 5.82 Å². The molecule has 0 spiro atoms. The van der Waals surface area contributed by atoms with Gasteiger partial charge in [0.2, 0.25) is 0 Å². The minimum Gasteiger partial charge on any atom is -0.305 e. The molecule has 0 saturated heterocycles. The van der Waals surface area contributed by atoms with Crippen LogP contribution in [0.25, 0.3) is 21.7 Å². The van der Waals surface area contributed by atoms with E-state index in [1.54, 1.807) is 22.7 Å². The molecule has 0 aliphatic heterocycles. The average molecular weight is 331 g/mol. The molecule has 4 rings (SSSR count). The quantitative estimate of drug-likeness (QED) is 0.754. The maximum absolute atomic E-state index is 12.6. The highest BCUT2D eigenvalue weighted by molar-refractivity contribution is 7.17. The summed E-state index contributed by atoms with van der Waals surface area (Å²) < 4.78 is 0. The van der Waals surface area contributed by atoms with Gasteiger partial charge in [-0.15, -0.1) is 22.7 Å². The zero-order valence-corrected chi connectivity index (χ0v) is 14.0. The van der Waals surface area contributed by atoms with E-state index in [4.69, 9.17) is 0 Å². The van der Waals surface area contributed by atoms with Gasteiger partial charge in [0, 0.05) is 5.38 Å². The number of aromatic amines is 1. The van der Waals surface area contributed by atoms with Crippen LogP contribution in [0.15, 0.2) is 15.6 Å². The van der Waals surface area contributed by atoms with E-state index in [-0.39, 0.29) is 5.56 Å². The largest absolute Gasteiger partial charge is 0.305 e. The lowest BCUT2D eigenvalue weighted by Gasteiger charge is -2.20. The number of aromatic nitrogens is 3. The first-order chi connectivity index (χ1) is 10.7. The number of aryl methyl sites for hydroxylation is 1. The fraction of sp³-hybridized carbons (Fsp3) is 0.438. The molecule has 0 aromatic carbocycles. The molecule has 114 valence electrons. The highest BCUT2D eigenvalue weighted by Crippen LogP contribution is 2.37. The number of fused-ring (bicyclic) bond motifs is 1. The lowest BCUT2D eigenvalue weighted by Crippen LogP contribution is -2.12. The highest BCUT2D eigenvalue weighted by Gasteiger charge is 2.21. The molecule has 1 aliphatic rings. The zero-order valence-electron chi connectivity index (χ0n) is 12.4. The van der Waals surface area contributed by atoms with Crippen LogP contribution in [0, 0.1) is 6.92 Å². The summed E-state index contributed by atoms with van der Waals surface area (Å²) in [5.41, 5.74) is 1.94. The van der Waals surface area contributed by atoms with Gasteiger partial charge in [0.05, 0.1) is 10.4 Å². The number of nitrogens with one attached hydrogen (secondary N) is 1. The number of thiophene rings is 1. The van der Waals surface area contributed by atoms with E-state index in [0.29, 0.717) is 11.7 Å². The first-order valence-electron chi connectivity index (χ1n) is 7.66. The Morgan fingerprint density at radius 3 is 2.68 bits per heavy atom. The van der Waals surface area contributed by atoms with Gasteiger partial charge in [-0.2, -0.15) is 0 Å². The molecule has 3 heterocycles. The normalized spacial score (nSPS) is 16.4. The summed E-state index contributed by atoms with van der Waals surface area (Å²) in [7, 11) is 0. The molecule has 0 amide bonds. The van der Waals surface area contributed by atoms with E-state index in [9.17, 15) is 4.79 Å². The first-order valence-corrected chi connectivity index (χ1v) is 9.42. The molecule has 1 aliphatic carbocycles. The number of nitrogens with zero attached hydrogens (tertiary/aromatic N) is 2. The summed E-state index contributed by atoms with van der Waals surface area (Å²) >= 11 is 3.15. The summed E-state index contributed by atoms with van der Waals surface area (Å²) in [6.45, 7) is 1.96. The number of hydrogen-bond acceptors (Lipinski definition) is 5. The van der Waals surface area contributed by atoms with E-state index < -0.39 is 0 Å². The molecular formula is C16H17N3OS2. The number of thiazole rings is 1. The molecule has 3 aromatic rings. The van der Waals surface area contributed by atoms with Gasteiger partial charge in [-0.25, -0.2) is 9.97 Å². The van der Waals surface area contributed by atoms with Crippen molar-refractivity contribution in [1.82, 2.24) is 15.0 Å². The standard InChI is InChI=1S/C16H17N3OS2/c1-9-17-12(8-21-9)14-18-15(20)13-11(7-22-16(13)19-14)10-5-3-2-4-6-10/h7-8,10H,2-6H2,1H3,(H,18,19,20). The van der Waals surface area contributed by atoms with Crippen LogP contribution in [0.4, 0.5) is 0 Å². The molecule has 0 bridgehead atoms. The molecule has 4 nitrogen and oxygen atoms in total. The van der Waals surface area contributed by atoms with Gasteiger partial charge < -0.3 is 4.98 Å². The van der Waals surface area contributed by atoms with E-state index in [2.05, 4.69) is 20.3 Å². The van der Waals surface area contributed by atoms with Crippen molar-refractivity contribution in [1.29, 1.82) is 0 Å². The third-order valence-electron chi connectivity index (χ3n) is 4.38. The Hall–Kier alpha value is -1.53. The molecule has 1 saturated carbocycles. The second kappa shape index (κ2) is 5.59. The predicted octanol–water partition coefficient (Wildman–Crippen LogP) is 4.46. The summed E-state index contributed by atoms with van der Waals surface area (Å²) in [5.74, 6) is 1.11. The monoisotopic (exact) mass is 331 g/mol. The van der Waals surface area contributed by atoms with Gasteiger partial charge >= 0.3 is 0 Å². The molecule has 0 radical (unpaired) electrons. The molecular weight excluding hydrogens is 314 g/mol. The maximum atomic E-state index is 12.6. The summed E-state index contributed by atoms with van der Waals surface area (Å²) in [5, 5.41) is 5.85. The van der Waals surface area contributed by atoms with Crippen LogP contribution in [0.2, 0.25) is 0 Å². The van der Waals surface area contributed by atoms with Gasteiger partial charge in [0.1, 0.15) is 10.5 Å². The highest BCUT2D eigenvalue weighted by atomic mass is 32.1. The van der Waals surface area contributed by atoms with Crippen molar-refractivity contribution in [2.75, 3.05) is 0 Å². The molecule has 1 N–H and O–H groups in total. The minimum absolute atomic E-state index is 0.0209. The first kappa shape index (κ1) is 14.1. The second-order valence-corrected chi connectivity index (χ2v) is 7.79. The SMILES string of the molecule is Cc1nc(-c2nc3scc(C4CCCCC4)c3c(=O)[nH]2)cs1. The Morgan fingerprint density at radius 1 is 1.14 bits per heavy atom. The molecule has 3 aromatic heterocycles. The fourth-order valence-electron chi connectivity index (χ4n) is 3.28. The summed E-state index contributed by atoms with van der Waals surface area (Å²) in [6, 6.07) is 0. The molecule has 1 fully saturated rings. The lowest BCUT2D eigenvalue weighted by molar-refractivity contribution is 0.446. The van der Waals surface area contributed by atoms with Crippen LogP contribution in [0.5, 0.6) is 0 Å². The third-order valence-corrected chi connectivity index (χ3v) is 6.04. The van der Waals surface area contributed by atoms with E-state index in [1.807, 2.05) is 12.3 Å². The third kappa shape index (κ3) is 2.40. The van der Waals surface area contributed by atoms with Gasteiger partial charge in [-0.3, -0.25) is 4.79 Å². The van der Waals surface area contributed by atoms with Gasteiger partial charge in [-0.1, -0.05) is 19.3 Å². The van der Waals surface area contributed by atoms with Crippen molar-refractivity contribution in [3.63, 3.8) is 0 Å². The molecule has 22 heavy (non-hydrogen) atoms. The Bertz CT molecular complexity index is 871. The average Bonchev–Trinajstić information content (AvgIpc) is 3.14. The molecule has 0 atom stereocenters. The van der Waals surface area contributed by atoms with Crippen molar-refractivity contribution in [3.05, 3.63) is 31.7 Å². The lowest BCUT2D eigenvalue weighted by atomic mass is 9.84. The van der Waals surface area contributed by atoms with Crippen LogP contribution in [0.3, 0.4) is 0 Å². The maximum Gasteiger partial charge on any atom is 0.260 e. The Balaban J connectivity index is 1.82. The topological polar surface area (TPSA) is 58.6 Å². The van der Waals surface area contributed by atoms with E-state index in [1.165, 1.54) is 37.7 Å². The van der Waals surface area contributed by atoms with Crippen molar-refractivity contribution < 1.29 is 0 Å². The Morgan fingerprint density at radius 2 is 1.95 bits per heavy atom. The molecule has 6 heteroatoms. The molecule has 0 unspecified atom stereocenters. The van der Waals surface area contributed by atoms with Crippen molar-refractivity contribution in [2.45, 2.75) is 44.9 Å². The fourth-order valence-corrected chi connectivity index (χ4v) is 4.90. The summed E-state index contributed by atoms with van der Waals surface area (Å²) in [4.78, 5) is 25.4. The van der Waals surface area contributed by atoms with Crippen LogP contribution >= 0.6 is 22.7 Å². The number of rotatable bonds is 2. The minimum atomic E-state index is -0.0209. The van der Waals surface area contributed by atoms with E-state index >= 15 is 0 Å². The zero-order chi connectivity index (χ0) is 15.1. The van der Waals surface area contributed by atoms with Crippen LogP contribution < -0.4 is 5.56 Å². The smallest absolute Gasteiger partial charge is 0.260 e. The second-order valence-electron chi connectivity index (χ2n) is 5.87. The van der Waals surface area contributed by atoms with Gasteiger partial charge in [0.25, 0.3) is 5.56 Å². The van der Waals surface area contributed by atoms with Crippen LogP contribution in [-0.2, 0) is 0 Å². The van der Waals surface area contributed by atoms with E-state index in [0.717, 1.165) is 20.9 Å². The van der Waals surface area contributed by atoms with Gasteiger partial charge in [-0.05, 0) is 36.6 Å². The van der Waals surface area contributed by atoms with Crippen molar-refractivity contribution in [3.8, 4) is 11.5 Å². The van der Waals surface area contributed by atoms with Crippen LogP contribution in [0.1, 0.15) is 48.6 Å². The summed E-state index contributed by atoms with van der Waals surface area (Å²) in [6.07, 6.45) is 6.24. The van der Waals surface area contributed by atoms with Crippen molar-refractivity contribution in [2.24, 2.45) is 0 Å².